The van der Waals surface area contributed by atoms with Crippen LogP contribution < -0.4 is 0 Å². The molecular weight excluding hydrogens is 294 g/mol. The number of piperidine rings is 1. The van der Waals surface area contributed by atoms with Crippen molar-refractivity contribution in [2.75, 3.05) is 40.5 Å². The Labute approximate surface area is 135 Å². The van der Waals surface area contributed by atoms with E-state index in [0.717, 1.165) is 25.7 Å². The third-order valence-corrected chi connectivity index (χ3v) is 7.17. The predicted molar refractivity (Wildman–Crippen MR) is 90.7 cm³/mol. The summed E-state index contributed by atoms with van der Waals surface area (Å²) in [5.74, 6) is 0.585. The summed E-state index contributed by atoms with van der Waals surface area (Å²) in [5.41, 5.74) is 1.21. The van der Waals surface area contributed by atoms with Crippen LogP contribution in [0, 0.1) is 5.92 Å². The van der Waals surface area contributed by atoms with Gasteiger partial charge in [0.05, 0.1) is 0 Å². The van der Waals surface area contributed by atoms with Crippen LogP contribution >= 0.6 is 0 Å². The van der Waals surface area contributed by atoms with Crippen molar-refractivity contribution in [2.45, 2.75) is 25.8 Å². The van der Waals surface area contributed by atoms with Gasteiger partial charge in [-0.1, -0.05) is 37.3 Å². The first-order chi connectivity index (χ1) is 10.7. The average molecular weight is 324 g/mol. The van der Waals surface area contributed by atoms with Crippen molar-refractivity contribution in [1.82, 2.24) is 4.90 Å². The third kappa shape index (κ3) is 4.89. The van der Waals surface area contributed by atoms with E-state index in [-0.39, 0.29) is 0 Å². The molecule has 0 radical (unpaired) electrons. The van der Waals surface area contributed by atoms with Crippen LogP contribution in [-0.4, -0.2) is 54.2 Å². The van der Waals surface area contributed by atoms with Gasteiger partial charge in [-0.15, -0.1) is 0 Å². The predicted octanol–water partition coefficient (Wildman–Crippen LogP) is 2.75. The van der Waals surface area contributed by atoms with Gasteiger partial charge in [-0.2, -0.15) is 0 Å². The maximum Gasteiger partial charge on any atom is 0.505 e. The zero-order chi connectivity index (χ0) is 15.8. The second-order valence-corrected chi connectivity index (χ2v) is 8.79. The van der Waals surface area contributed by atoms with Crippen LogP contribution in [0.15, 0.2) is 30.3 Å². The van der Waals surface area contributed by atoms with E-state index in [9.17, 15) is 0 Å². The molecule has 0 saturated carbocycles. The summed E-state index contributed by atoms with van der Waals surface area (Å²) in [5, 5.41) is 0. The second-order valence-electron chi connectivity index (χ2n) is 5.97. The van der Waals surface area contributed by atoms with E-state index in [2.05, 4.69) is 24.0 Å². The van der Waals surface area contributed by atoms with Gasteiger partial charge in [0.1, 0.15) is 0 Å². The molecule has 0 aromatic heterocycles. The summed E-state index contributed by atoms with van der Waals surface area (Å²) in [6.45, 7) is 6.42. The van der Waals surface area contributed by atoms with Gasteiger partial charge in [-0.25, -0.2) is 0 Å². The number of benzene rings is 1. The molecule has 5 heteroatoms. The number of hydrogen-bond acceptors (Lipinski definition) is 4. The highest BCUT2D eigenvalue weighted by Gasteiger charge is 2.40. The maximum absolute atomic E-state index is 6.23. The SMILES string of the molecule is CCN1CCCC(CO[Si](Cc2ccccc2)(OC)OC)C1. The van der Waals surface area contributed by atoms with E-state index < -0.39 is 8.80 Å². The van der Waals surface area contributed by atoms with Crippen LogP contribution in [0.3, 0.4) is 0 Å². The molecule has 1 unspecified atom stereocenters. The van der Waals surface area contributed by atoms with Crippen LogP contribution in [0.1, 0.15) is 25.3 Å². The van der Waals surface area contributed by atoms with E-state index in [1.54, 1.807) is 14.2 Å². The molecule has 1 atom stereocenters. The molecule has 0 N–H and O–H groups in total. The number of likely N-dealkylation sites (tertiary alicyclic amines) is 1. The fraction of sp³-hybridized carbons (Fsp3) is 0.647. The second kappa shape index (κ2) is 8.79. The van der Waals surface area contributed by atoms with Crippen LogP contribution in [0.2, 0.25) is 0 Å². The first kappa shape index (κ1) is 17.6. The molecule has 0 spiro atoms. The number of rotatable bonds is 8. The van der Waals surface area contributed by atoms with Gasteiger partial charge < -0.3 is 18.2 Å². The Morgan fingerprint density at radius 1 is 1.18 bits per heavy atom. The molecule has 22 heavy (non-hydrogen) atoms. The Morgan fingerprint density at radius 3 is 2.55 bits per heavy atom. The quantitative estimate of drug-likeness (QED) is 0.688. The molecule has 1 fully saturated rings. The first-order valence-electron chi connectivity index (χ1n) is 8.22. The van der Waals surface area contributed by atoms with Gasteiger partial charge in [-0.3, -0.25) is 0 Å². The Balaban J connectivity index is 1.93. The van der Waals surface area contributed by atoms with Gasteiger partial charge >= 0.3 is 8.80 Å². The highest BCUT2D eigenvalue weighted by atomic mass is 28.4. The van der Waals surface area contributed by atoms with Crippen molar-refractivity contribution in [2.24, 2.45) is 5.92 Å². The standard InChI is InChI=1S/C17H29NO3Si/c1-4-18-12-8-11-17(13-18)14-21-22(19-2,20-3)15-16-9-6-5-7-10-16/h5-7,9-10,17H,4,8,11-15H2,1-3H3. The molecular formula is C17H29NO3Si. The van der Waals surface area contributed by atoms with Crippen LogP contribution in [0.4, 0.5) is 0 Å². The molecule has 0 amide bonds. The molecule has 124 valence electrons. The Morgan fingerprint density at radius 2 is 1.91 bits per heavy atom. The third-order valence-electron chi connectivity index (χ3n) is 4.47. The largest absolute Gasteiger partial charge is 0.505 e. The molecule has 1 aromatic carbocycles. The topological polar surface area (TPSA) is 30.9 Å². The van der Waals surface area contributed by atoms with Gasteiger partial charge in [0.15, 0.2) is 0 Å². The Bertz CT molecular complexity index is 425. The first-order valence-corrected chi connectivity index (χ1v) is 10.1. The van der Waals surface area contributed by atoms with E-state index in [1.165, 1.54) is 24.9 Å². The summed E-state index contributed by atoms with van der Waals surface area (Å²) in [6, 6.07) is 11.0. The van der Waals surface area contributed by atoms with E-state index in [1.807, 2.05) is 18.2 Å². The van der Waals surface area contributed by atoms with Crippen LogP contribution in [0.5, 0.6) is 0 Å². The lowest BCUT2D eigenvalue weighted by Gasteiger charge is -2.34. The molecule has 1 saturated heterocycles. The van der Waals surface area contributed by atoms with E-state index in [0.29, 0.717) is 5.92 Å². The highest BCUT2D eigenvalue weighted by molar-refractivity contribution is 6.60. The average Bonchev–Trinajstić information content (AvgIpc) is 2.60. The number of nitrogens with zero attached hydrogens (tertiary/aromatic N) is 1. The lowest BCUT2D eigenvalue weighted by atomic mass is 9.99. The van der Waals surface area contributed by atoms with Gasteiger partial charge in [0.2, 0.25) is 0 Å². The molecule has 1 aliphatic heterocycles. The molecule has 0 aliphatic carbocycles. The summed E-state index contributed by atoms with van der Waals surface area (Å²) in [4.78, 5) is 2.50. The zero-order valence-electron chi connectivity index (χ0n) is 14.1. The monoisotopic (exact) mass is 323 g/mol. The highest BCUT2D eigenvalue weighted by Crippen LogP contribution is 2.21. The molecule has 1 heterocycles. The fourth-order valence-corrected chi connectivity index (χ4v) is 5.08. The Kier molecular flexibility index (Phi) is 7.04. The lowest BCUT2D eigenvalue weighted by molar-refractivity contribution is 0.0597. The van der Waals surface area contributed by atoms with Gasteiger partial charge in [0, 0.05) is 33.4 Å². The van der Waals surface area contributed by atoms with Crippen molar-refractivity contribution in [3.8, 4) is 0 Å². The normalized spacial score (nSPS) is 20.2. The minimum Gasteiger partial charge on any atom is -0.377 e. The summed E-state index contributed by atoms with van der Waals surface area (Å²) >= 11 is 0. The van der Waals surface area contributed by atoms with Crippen molar-refractivity contribution < 1.29 is 13.3 Å². The number of hydrogen-bond donors (Lipinski definition) is 0. The van der Waals surface area contributed by atoms with Gasteiger partial charge in [0.25, 0.3) is 0 Å². The minimum absolute atomic E-state index is 0.585. The smallest absolute Gasteiger partial charge is 0.377 e. The molecule has 0 bridgehead atoms. The van der Waals surface area contributed by atoms with E-state index in [4.69, 9.17) is 13.3 Å². The van der Waals surface area contributed by atoms with Crippen LogP contribution in [0.25, 0.3) is 0 Å². The van der Waals surface area contributed by atoms with Crippen molar-refractivity contribution in [3.05, 3.63) is 35.9 Å². The summed E-state index contributed by atoms with van der Waals surface area (Å²) < 4.78 is 17.7. The lowest BCUT2D eigenvalue weighted by Crippen LogP contribution is -2.49. The molecule has 1 aromatic rings. The minimum atomic E-state index is -2.62. The van der Waals surface area contributed by atoms with Crippen molar-refractivity contribution in [3.63, 3.8) is 0 Å². The van der Waals surface area contributed by atoms with Crippen molar-refractivity contribution in [1.29, 1.82) is 0 Å². The fourth-order valence-electron chi connectivity index (χ4n) is 3.06. The zero-order valence-corrected chi connectivity index (χ0v) is 15.1. The summed E-state index contributed by atoms with van der Waals surface area (Å²) in [7, 11) is 0.793. The molecule has 1 aliphatic rings. The molecule has 4 nitrogen and oxygen atoms in total. The van der Waals surface area contributed by atoms with E-state index >= 15 is 0 Å². The van der Waals surface area contributed by atoms with Crippen LogP contribution in [-0.2, 0) is 19.3 Å². The summed E-state index contributed by atoms with van der Waals surface area (Å²) in [6.07, 6.45) is 2.49. The van der Waals surface area contributed by atoms with Crippen molar-refractivity contribution >= 4 is 8.80 Å². The molecule has 2 rings (SSSR count). The Hall–Kier alpha value is -0.723. The van der Waals surface area contributed by atoms with Gasteiger partial charge in [-0.05, 0) is 37.4 Å². The maximum atomic E-state index is 6.23.